The Balaban J connectivity index is 1.93. The summed E-state index contributed by atoms with van der Waals surface area (Å²) in [4.78, 5) is 16.1. The average molecular weight is 264 g/mol. The van der Waals surface area contributed by atoms with Crippen LogP contribution >= 0.6 is 0 Å². The van der Waals surface area contributed by atoms with E-state index >= 15 is 0 Å². The van der Waals surface area contributed by atoms with Crippen molar-refractivity contribution in [2.75, 3.05) is 6.61 Å². The van der Waals surface area contributed by atoms with Crippen LogP contribution in [0.4, 0.5) is 0 Å². The number of hydrogen-bond acceptors (Lipinski definition) is 4. The number of aliphatic hydroxyl groups is 1. The van der Waals surface area contributed by atoms with Crippen LogP contribution in [0.15, 0.2) is 18.3 Å². The molecule has 1 heterocycles. The highest BCUT2D eigenvalue weighted by molar-refractivity contribution is 5.79. The highest BCUT2D eigenvalue weighted by Crippen LogP contribution is 2.25. The SMILES string of the molecule is CCOc1ncccc1CNC(=O)C1CCCC1O. The third kappa shape index (κ3) is 3.44. The molecule has 0 spiro atoms. The second-order valence-corrected chi connectivity index (χ2v) is 4.72. The molecule has 1 aromatic rings. The maximum Gasteiger partial charge on any atom is 0.225 e. The number of ether oxygens (including phenoxy) is 1. The van der Waals surface area contributed by atoms with Crippen LogP contribution in [0, 0.1) is 5.92 Å². The summed E-state index contributed by atoms with van der Waals surface area (Å²) in [5.41, 5.74) is 0.852. The van der Waals surface area contributed by atoms with Gasteiger partial charge in [0.15, 0.2) is 0 Å². The first-order chi connectivity index (χ1) is 9.22. The predicted octanol–water partition coefficient (Wildman–Crippen LogP) is 1.26. The van der Waals surface area contributed by atoms with Gasteiger partial charge < -0.3 is 15.2 Å². The maximum atomic E-state index is 12.0. The molecule has 5 nitrogen and oxygen atoms in total. The van der Waals surface area contributed by atoms with Gasteiger partial charge in [-0.05, 0) is 32.3 Å². The summed E-state index contributed by atoms with van der Waals surface area (Å²) in [5, 5.41) is 12.5. The zero-order valence-electron chi connectivity index (χ0n) is 11.1. The van der Waals surface area contributed by atoms with Gasteiger partial charge in [-0.15, -0.1) is 0 Å². The molecule has 5 heteroatoms. The smallest absolute Gasteiger partial charge is 0.225 e. The van der Waals surface area contributed by atoms with E-state index in [2.05, 4.69) is 10.3 Å². The minimum absolute atomic E-state index is 0.0868. The van der Waals surface area contributed by atoms with Crippen LogP contribution in [-0.2, 0) is 11.3 Å². The molecule has 1 saturated carbocycles. The molecular weight excluding hydrogens is 244 g/mol. The van der Waals surface area contributed by atoms with Crippen molar-refractivity contribution in [3.8, 4) is 5.88 Å². The number of pyridine rings is 1. The largest absolute Gasteiger partial charge is 0.478 e. The highest BCUT2D eigenvalue weighted by Gasteiger charge is 2.31. The molecule has 1 aliphatic carbocycles. The molecule has 19 heavy (non-hydrogen) atoms. The molecule has 2 unspecified atom stereocenters. The summed E-state index contributed by atoms with van der Waals surface area (Å²) in [6.45, 7) is 2.82. The Morgan fingerprint density at radius 3 is 3.11 bits per heavy atom. The Hall–Kier alpha value is -1.62. The number of carbonyl (C=O) groups is 1. The van der Waals surface area contributed by atoms with Crippen molar-refractivity contribution in [2.24, 2.45) is 5.92 Å². The van der Waals surface area contributed by atoms with Gasteiger partial charge in [0.25, 0.3) is 0 Å². The number of nitrogens with zero attached hydrogens (tertiary/aromatic N) is 1. The maximum absolute atomic E-state index is 12.0. The van der Waals surface area contributed by atoms with Crippen molar-refractivity contribution < 1.29 is 14.6 Å². The number of amides is 1. The number of hydrogen-bond donors (Lipinski definition) is 2. The molecule has 2 rings (SSSR count). The second kappa shape index (κ2) is 6.52. The van der Waals surface area contributed by atoms with E-state index in [1.54, 1.807) is 6.20 Å². The molecule has 0 aromatic carbocycles. The first-order valence-corrected chi connectivity index (χ1v) is 6.74. The van der Waals surface area contributed by atoms with Gasteiger partial charge in [-0.25, -0.2) is 4.98 Å². The Kier molecular flexibility index (Phi) is 4.74. The van der Waals surface area contributed by atoms with Crippen molar-refractivity contribution in [3.05, 3.63) is 23.9 Å². The molecule has 1 aliphatic rings. The fraction of sp³-hybridized carbons (Fsp3) is 0.571. The normalized spacial score (nSPS) is 22.2. The standard InChI is InChI=1S/C14H20N2O3/c1-2-19-14-10(5-4-8-15-14)9-16-13(18)11-6-3-7-12(11)17/h4-5,8,11-12,17H,2-3,6-7,9H2,1H3,(H,16,18). The highest BCUT2D eigenvalue weighted by atomic mass is 16.5. The third-order valence-electron chi connectivity index (χ3n) is 3.40. The second-order valence-electron chi connectivity index (χ2n) is 4.72. The Bertz CT molecular complexity index is 436. The lowest BCUT2D eigenvalue weighted by atomic mass is 10.1. The van der Waals surface area contributed by atoms with Gasteiger partial charge in [-0.1, -0.05) is 6.07 Å². The van der Waals surface area contributed by atoms with E-state index in [9.17, 15) is 9.90 Å². The Labute approximate surface area is 113 Å². The monoisotopic (exact) mass is 264 g/mol. The summed E-state index contributed by atoms with van der Waals surface area (Å²) < 4.78 is 5.40. The molecule has 0 saturated heterocycles. The summed E-state index contributed by atoms with van der Waals surface area (Å²) in [6, 6.07) is 3.69. The van der Waals surface area contributed by atoms with E-state index in [1.165, 1.54) is 0 Å². The topological polar surface area (TPSA) is 71.5 Å². The first kappa shape index (κ1) is 13.8. The minimum Gasteiger partial charge on any atom is -0.478 e. The summed E-state index contributed by atoms with van der Waals surface area (Å²) in [5.74, 6) is 0.195. The molecule has 1 aromatic heterocycles. The molecule has 1 fully saturated rings. The molecular formula is C14H20N2O3. The molecule has 104 valence electrons. The summed E-state index contributed by atoms with van der Waals surface area (Å²) in [7, 11) is 0. The summed E-state index contributed by atoms with van der Waals surface area (Å²) in [6.07, 6.45) is 3.56. The average Bonchev–Trinajstić information content (AvgIpc) is 2.84. The lowest BCUT2D eigenvalue weighted by Crippen LogP contribution is -2.34. The van der Waals surface area contributed by atoms with E-state index in [-0.39, 0.29) is 11.8 Å². The van der Waals surface area contributed by atoms with Crippen molar-refractivity contribution in [1.82, 2.24) is 10.3 Å². The fourth-order valence-corrected chi connectivity index (χ4v) is 2.39. The van der Waals surface area contributed by atoms with Crippen LogP contribution < -0.4 is 10.1 Å². The lowest BCUT2D eigenvalue weighted by Gasteiger charge is -2.15. The van der Waals surface area contributed by atoms with Crippen LogP contribution in [0.2, 0.25) is 0 Å². The van der Waals surface area contributed by atoms with Crippen LogP contribution in [-0.4, -0.2) is 28.7 Å². The van der Waals surface area contributed by atoms with Crippen LogP contribution in [0.1, 0.15) is 31.7 Å². The number of nitrogens with one attached hydrogen (secondary N) is 1. The van der Waals surface area contributed by atoms with E-state index in [4.69, 9.17) is 4.74 Å². The third-order valence-corrected chi connectivity index (χ3v) is 3.40. The van der Waals surface area contributed by atoms with Crippen LogP contribution in [0.25, 0.3) is 0 Å². The van der Waals surface area contributed by atoms with Crippen molar-refractivity contribution >= 4 is 5.91 Å². The summed E-state index contributed by atoms with van der Waals surface area (Å²) >= 11 is 0. The molecule has 0 aliphatic heterocycles. The lowest BCUT2D eigenvalue weighted by molar-refractivity contribution is -0.127. The van der Waals surface area contributed by atoms with E-state index in [1.807, 2.05) is 19.1 Å². The Morgan fingerprint density at radius 1 is 1.58 bits per heavy atom. The zero-order chi connectivity index (χ0) is 13.7. The van der Waals surface area contributed by atoms with E-state index in [0.717, 1.165) is 24.8 Å². The number of rotatable bonds is 5. The molecule has 0 bridgehead atoms. The molecule has 1 amide bonds. The molecule has 0 radical (unpaired) electrons. The van der Waals surface area contributed by atoms with Gasteiger partial charge in [-0.3, -0.25) is 4.79 Å². The van der Waals surface area contributed by atoms with Gasteiger partial charge in [0.1, 0.15) is 0 Å². The Morgan fingerprint density at radius 2 is 2.42 bits per heavy atom. The number of carbonyl (C=O) groups excluding carboxylic acids is 1. The molecule has 2 N–H and O–H groups in total. The minimum atomic E-state index is -0.500. The van der Waals surface area contributed by atoms with Crippen LogP contribution in [0.3, 0.4) is 0 Å². The molecule has 2 atom stereocenters. The number of aromatic nitrogens is 1. The van der Waals surface area contributed by atoms with Gasteiger partial charge >= 0.3 is 0 Å². The van der Waals surface area contributed by atoms with E-state index in [0.29, 0.717) is 19.0 Å². The van der Waals surface area contributed by atoms with Gasteiger partial charge in [0, 0.05) is 18.3 Å². The van der Waals surface area contributed by atoms with Gasteiger partial charge in [0.05, 0.1) is 18.6 Å². The quantitative estimate of drug-likeness (QED) is 0.840. The van der Waals surface area contributed by atoms with E-state index < -0.39 is 6.10 Å². The van der Waals surface area contributed by atoms with Gasteiger partial charge in [-0.2, -0.15) is 0 Å². The zero-order valence-corrected chi connectivity index (χ0v) is 11.1. The van der Waals surface area contributed by atoms with Crippen molar-refractivity contribution in [2.45, 2.75) is 38.8 Å². The number of aliphatic hydroxyl groups excluding tert-OH is 1. The predicted molar refractivity (Wildman–Crippen MR) is 70.6 cm³/mol. The van der Waals surface area contributed by atoms with Crippen molar-refractivity contribution in [1.29, 1.82) is 0 Å². The first-order valence-electron chi connectivity index (χ1n) is 6.74. The van der Waals surface area contributed by atoms with Crippen molar-refractivity contribution in [3.63, 3.8) is 0 Å². The fourth-order valence-electron chi connectivity index (χ4n) is 2.39. The van der Waals surface area contributed by atoms with Gasteiger partial charge in [0.2, 0.25) is 11.8 Å². The van der Waals surface area contributed by atoms with Crippen LogP contribution in [0.5, 0.6) is 5.88 Å².